The van der Waals surface area contributed by atoms with E-state index in [2.05, 4.69) is 20.7 Å². The van der Waals surface area contributed by atoms with Crippen LogP contribution in [-0.4, -0.2) is 32.7 Å². The van der Waals surface area contributed by atoms with Gasteiger partial charge in [-0.3, -0.25) is 14.4 Å². The molecule has 0 heterocycles. The molecule has 0 aliphatic carbocycles. The van der Waals surface area contributed by atoms with Crippen LogP contribution < -0.4 is 25.8 Å². The van der Waals surface area contributed by atoms with Gasteiger partial charge in [0.05, 0.1) is 0 Å². The Hall–Kier alpha value is -4.06. The molecule has 10 nitrogen and oxygen atoms in total. The first kappa shape index (κ1) is 27.5. The van der Waals surface area contributed by atoms with Crippen molar-refractivity contribution in [1.29, 1.82) is 0 Å². The Kier molecular flexibility index (Phi) is 9.90. The number of rotatable bonds is 12. The van der Waals surface area contributed by atoms with Crippen molar-refractivity contribution < 1.29 is 22.8 Å². The number of nitrogens with two attached hydrogens (primary N) is 1. The minimum Gasteiger partial charge on any atom is -0.326 e. The van der Waals surface area contributed by atoms with Gasteiger partial charge in [-0.2, -0.15) is 8.42 Å². The van der Waals surface area contributed by atoms with Crippen LogP contribution in [0.1, 0.15) is 46.4 Å². The highest BCUT2D eigenvalue weighted by Crippen LogP contribution is 2.19. The summed E-state index contributed by atoms with van der Waals surface area (Å²) in [6.07, 6.45) is 1.85. The van der Waals surface area contributed by atoms with Gasteiger partial charge in [0.2, 0.25) is 5.91 Å². The zero-order chi connectivity index (χ0) is 26.7. The Morgan fingerprint density at radius 2 is 1.16 bits per heavy atom. The van der Waals surface area contributed by atoms with Gasteiger partial charge in [0, 0.05) is 41.2 Å². The highest BCUT2D eigenvalue weighted by atomic mass is 32.2. The van der Waals surface area contributed by atoms with Crippen LogP contribution in [0.4, 0.5) is 17.1 Å². The lowest BCUT2D eigenvalue weighted by Gasteiger charge is -2.12. The van der Waals surface area contributed by atoms with E-state index < -0.39 is 22.0 Å². The number of amides is 3. The van der Waals surface area contributed by atoms with E-state index in [-0.39, 0.29) is 30.0 Å². The van der Waals surface area contributed by atoms with Gasteiger partial charge in [-0.25, -0.2) is 9.86 Å². The minimum absolute atomic E-state index is 0.182. The average molecular weight is 524 g/mol. The lowest BCUT2D eigenvalue weighted by molar-refractivity contribution is -0.116. The maximum atomic E-state index is 12.9. The Morgan fingerprint density at radius 3 is 1.65 bits per heavy atom. The summed E-state index contributed by atoms with van der Waals surface area (Å²) in [5.41, 5.74) is 1.89. The van der Waals surface area contributed by atoms with Crippen LogP contribution in [-0.2, 0) is 15.0 Å². The highest BCUT2D eigenvalue weighted by Gasteiger charge is 2.15. The molecule has 194 valence electrons. The lowest BCUT2D eigenvalue weighted by atomic mass is 10.1. The molecule has 0 radical (unpaired) electrons. The molecule has 0 fully saturated rings. The van der Waals surface area contributed by atoms with Crippen LogP contribution in [0.3, 0.4) is 0 Å². The molecule has 3 rings (SSSR count). The number of anilines is 3. The molecule has 0 unspecified atom stereocenters. The summed E-state index contributed by atoms with van der Waals surface area (Å²) in [7, 11) is -3.73. The first-order chi connectivity index (χ1) is 17.7. The van der Waals surface area contributed by atoms with Crippen LogP contribution >= 0.6 is 0 Å². The molecule has 6 N–H and O–H groups in total. The molecule has 0 spiro atoms. The van der Waals surface area contributed by atoms with E-state index in [1.54, 1.807) is 48.5 Å². The third-order valence-electron chi connectivity index (χ3n) is 5.19. The second-order valence-corrected chi connectivity index (χ2v) is 9.62. The molecule has 0 aliphatic rings. The fourth-order valence-electron chi connectivity index (χ4n) is 3.44. The van der Waals surface area contributed by atoms with Crippen molar-refractivity contribution in [2.24, 2.45) is 5.14 Å². The van der Waals surface area contributed by atoms with Gasteiger partial charge in [-0.15, -0.1) is 0 Å². The van der Waals surface area contributed by atoms with Crippen molar-refractivity contribution in [3.8, 4) is 0 Å². The van der Waals surface area contributed by atoms with E-state index in [1.165, 1.54) is 18.2 Å². The molecule has 3 aromatic rings. The van der Waals surface area contributed by atoms with Gasteiger partial charge in [-0.05, 0) is 55.3 Å². The van der Waals surface area contributed by atoms with Gasteiger partial charge < -0.3 is 16.0 Å². The quantitative estimate of drug-likeness (QED) is 0.230. The van der Waals surface area contributed by atoms with E-state index in [9.17, 15) is 22.8 Å². The van der Waals surface area contributed by atoms with Crippen LogP contribution in [0.15, 0.2) is 78.9 Å². The molecule has 11 heteroatoms. The van der Waals surface area contributed by atoms with E-state index in [4.69, 9.17) is 5.14 Å². The first-order valence-corrected chi connectivity index (χ1v) is 13.2. The maximum absolute atomic E-state index is 12.9. The predicted octanol–water partition coefficient (Wildman–Crippen LogP) is 3.48. The molecule has 0 saturated heterocycles. The maximum Gasteiger partial charge on any atom is 0.274 e. The topological polar surface area (TPSA) is 159 Å². The van der Waals surface area contributed by atoms with Gasteiger partial charge in [-0.1, -0.05) is 42.8 Å². The van der Waals surface area contributed by atoms with E-state index in [0.717, 1.165) is 0 Å². The summed E-state index contributed by atoms with van der Waals surface area (Å²) in [4.78, 5) is 38.3. The predicted molar refractivity (Wildman–Crippen MR) is 143 cm³/mol. The van der Waals surface area contributed by atoms with Crippen molar-refractivity contribution in [2.75, 3.05) is 22.5 Å². The number of nitrogens with one attached hydrogen (secondary N) is 4. The Bertz CT molecular complexity index is 1260. The van der Waals surface area contributed by atoms with Crippen molar-refractivity contribution in [1.82, 2.24) is 4.72 Å². The first-order valence-electron chi connectivity index (χ1n) is 11.6. The van der Waals surface area contributed by atoms with Gasteiger partial charge >= 0.3 is 0 Å². The summed E-state index contributed by atoms with van der Waals surface area (Å²) in [6, 6.07) is 22.2. The monoisotopic (exact) mass is 523 g/mol. The van der Waals surface area contributed by atoms with Gasteiger partial charge in [0.15, 0.2) is 0 Å². The van der Waals surface area contributed by atoms with E-state index in [0.29, 0.717) is 36.3 Å². The largest absolute Gasteiger partial charge is 0.326 e. The van der Waals surface area contributed by atoms with Crippen molar-refractivity contribution in [3.63, 3.8) is 0 Å². The highest BCUT2D eigenvalue weighted by molar-refractivity contribution is 7.87. The second-order valence-electron chi connectivity index (χ2n) is 8.24. The number of carbonyl (C=O) groups is 3. The van der Waals surface area contributed by atoms with Crippen LogP contribution in [0.2, 0.25) is 0 Å². The summed E-state index contributed by atoms with van der Waals surface area (Å²) in [5.74, 6) is -1.16. The van der Waals surface area contributed by atoms with Crippen LogP contribution in [0, 0.1) is 0 Å². The molecule has 0 aliphatic heterocycles. The zero-order valence-electron chi connectivity index (χ0n) is 20.1. The molecule has 0 aromatic heterocycles. The molecule has 3 aromatic carbocycles. The molecule has 0 atom stereocenters. The number of unbranched alkanes of at least 4 members (excludes halogenated alkanes) is 2. The molecular formula is C26H29N5O5S. The van der Waals surface area contributed by atoms with Crippen molar-refractivity contribution >= 4 is 45.0 Å². The molecule has 3 amide bonds. The second kappa shape index (κ2) is 13.3. The smallest absolute Gasteiger partial charge is 0.274 e. The fourth-order valence-corrected chi connectivity index (χ4v) is 3.87. The van der Waals surface area contributed by atoms with E-state index >= 15 is 0 Å². The molecule has 0 saturated carbocycles. The standard InChI is InChI=1S/C26H29N5O5S/c27-37(35,36)28-15-9-3-8-14-24(32)29-23-17-19(25(33)30-21-10-4-1-5-11-21)16-20(18-23)26(34)31-22-12-6-2-7-13-22/h1-2,4-7,10-13,16-18,28H,3,8-9,14-15H2,(H,29,32)(H,30,33)(H,31,34)(H2,27,35,36). The number of benzene rings is 3. The Labute approximate surface area is 215 Å². The number of hydrogen-bond acceptors (Lipinski definition) is 5. The summed E-state index contributed by atoms with van der Waals surface area (Å²) >= 11 is 0. The Morgan fingerprint density at radius 1 is 0.649 bits per heavy atom. The lowest BCUT2D eigenvalue weighted by Crippen LogP contribution is -2.31. The average Bonchev–Trinajstić information content (AvgIpc) is 2.86. The van der Waals surface area contributed by atoms with Crippen LogP contribution in [0.5, 0.6) is 0 Å². The fraction of sp³-hybridized carbons (Fsp3) is 0.192. The third kappa shape index (κ3) is 9.84. The zero-order valence-corrected chi connectivity index (χ0v) is 20.9. The van der Waals surface area contributed by atoms with Crippen LogP contribution in [0.25, 0.3) is 0 Å². The summed E-state index contributed by atoms with van der Waals surface area (Å²) in [5, 5.41) is 13.2. The third-order valence-corrected chi connectivity index (χ3v) is 5.79. The summed E-state index contributed by atoms with van der Waals surface area (Å²) < 4.78 is 23.9. The molecule has 37 heavy (non-hydrogen) atoms. The molecule has 0 bridgehead atoms. The summed E-state index contributed by atoms with van der Waals surface area (Å²) in [6.45, 7) is 0.193. The number of para-hydroxylation sites is 2. The minimum atomic E-state index is -3.73. The number of hydrogen-bond donors (Lipinski definition) is 5. The normalized spacial score (nSPS) is 10.9. The van der Waals surface area contributed by atoms with E-state index in [1.807, 2.05) is 12.1 Å². The molecular weight excluding hydrogens is 494 g/mol. The number of carbonyl (C=O) groups excluding carboxylic acids is 3. The van der Waals surface area contributed by atoms with Gasteiger partial charge in [0.1, 0.15) is 0 Å². The Balaban J connectivity index is 1.69. The van der Waals surface area contributed by atoms with Crippen molar-refractivity contribution in [3.05, 3.63) is 90.0 Å². The van der Waals surface area contributed by atoms with Gasteiger partial charge in [0.25, 0.3) is 22.0 Å². The van der Waals surface area contributed by atoms with Crippen molar-refractivity contribution in [2.45, 2.75) is 25.7 Å². The SMILES string of the molecule is NS(=O)(=O)NCCCCCC(=O)Nc1cc(C(=O)Nc2ccccc2)cc(C(=O)Nc2ccccc2)c1.